The first kappa shape index (κ1) is 14.4. The summed E-state index contributed by atoms with van der Waals surface area (Å²) in [5.74, 6) is -0.584. The summed E-state index contributed by atoms with van der Waals surface area (Å²) in [5.41, 5.74) is 0.911. The summed E-state index contributed by atoms with van der Waals surface area (Å²) in [6, 6.07) is 11.4. The number of nitro benzene ring substituents is 1. The highest BCUT2D eigenvalue weighted by Gasteiger charge is 2.09. The molecule has 0 spiro atoms. The molecule has 1 aromatic heterocycles. The molecule has 0 radical (unpaired) electrons. The molecular weight excluding hydrogens is 272 g/mol. The molecule has 0 amide bonds. The van der Waals surface area contributed by atoms with Gasteiger partial charge in [0.05, 0.1) is 16.2 Å². The number of para-hydroxylation sites is 1. The first-order valence-electron chi connectivity index (χ1n) is 6.15. The molecule has 6 heteroatoms. The lowest BCUT2D eigenvalue weighted by molar-refractivity contribution is -0.385. The van der Waals surface area contributed by atoms with Crippen LogP contribution in [0, 0.1) is 10.1 Å². The van der Waals surface area contributed by atoms with E-state index in [1.165, 1.54) is 12.1 Å². The largest absolute Gasteiger partial charge is 0.456 e. The number of carbonyl (C=O) groups excluding carboxylic acids is 1. The molecule has 0 fully saturated rings. The lowest BCUT2D eigenvalue weighted by Gasteiger charge is -2.01. The zero-order valence-corrected chi connectivity index (χ0v) is 11.0. The lowest BCUT2D eigenvalue weighted by Crippen LogP contribution is -2.02. The van der Waals surface area contributed by atoms with Crippen molar-refractivity contribution in [3.63, 3.8) is 0 Å². The van der Waals surface area contributed by atoms with Crippen LogP contribution in [0.5, 0.6) is 0 Å². The van der Waals surface area contributed by atoms with Crippen LogP contribution in [-0.2, 0) is 16.1 Å². The van der Waals surface area contributed by atoms with E-state index in [4.69, 9.17) is 4.74 Å². The molecule has 0 unspecified atom stereocenters. The van der Waals surface area contributed by atoms with E-state index in [-0.39, 0.29) is 12.3 Å². The van der Waals surface area contributed by atoms with E-state index in [0.717, 1.165) is 6.08 Å². The molecule has 0 saturated heterocycles. The maximum absolute atomic E-state index is 11.6. The molecule has 0 saturated carbocycles. The standard InChI is InChI=1S/C15H12N2O4/c18-15(21-11-13-6-3-4-10-16-13)9-8-12-5-1-2-7-14(12)17(19)20/h1-10H,11H2/b9-8+. The van der Waals surface area contributed by atoms with Crippen molar-refractivity contribution in [1.82, 2.24) is 4.98 Å². The monoisotopic (exact) mass is 284 g/mol. The Labute approximate surface area is 120 Å². The van der Waals surface area contributed by atoms with Crippen LogP contribution in [-0.4, -0.2) is 15.9 Å². The predicted molar refractivity (Wildman–Crippen MR) is 76.2 cm³/mol. The van der Waals surface area contributed by atoms with Crippen molar-refractivity contribution in [2.75, 3.05) is 0 Å². The molecule has 0 aliphatic carbocycles. The number of hydrogen-bond donors (Lipinski definition) is 0. The number of carbonyl (C=O) groups is 1. The molecule has 2 aromatic rings. The van der Waals surface area contributed by atoms with Gasteiger partial charge in [0.2, 0.25) is 0 Å². The van der Waals surface area contributed by atoms with Crippen molar-refractivity contribution >= 4 is 17.7 Å². The number of esters is 1. The van der Waals surface area contributed by atoms with Gasteiger partial charge < -0.3 is 4.74 Å². The third kappa shape index (κ3) is 4.24. The first-order valence-corrected chi connectivity index (χ1v) is 6.15. The van der Waals surface area contributed by atoms with Crippen LogP contribution in [0.25, 0.3) is 6.08 Å². The maximum Gasteiger partial charge on any atom is 0.331 e. The van der Waals surface area contributed by atoms with Crippen LogP contribution < -0.4 is 0 Å². The van der Waals surface area contributed by atoms with E-state index in [1.54, 1.807) is 42.6 Å². The van der Waals surface area contributed by atoms with Gasteiger partial charge in [-0.05, 0) is 24.3 Å². The number of nitro groups is 1. The fourth-order valence-corrected chi connectivity index (χ4v) is 1.63. The first-order chi connectivity index (χ1) is 10.2. The Morgan fingerprint density at radius 3 is 2.71 bits per heavy atom. The minimum Gasteiger partial charge on any atom is -0.456 e. The molecule has 1 heterocycles. The SMILES string of the molecule is O=C(/C=C/c1ccccc1[N+](=O)[O-])OCc1ccccn1. The summed E-state index contributed by atoms with van der Waals surface area (Å²) in [4.78, 5) is 25.9. The van der Waals surface area contributed by atoms with Gasteiger partial charge in [-0.2, -0.15) is 0 Å². The Morgan fingerprint density at radius 1 is 1.24 bits per heavy atom. The number of aromatic nitrogens is 1. The highest BCUT2D eigenvalue weighted by Crippen LogP contribution is 2.18. The van der Waals surface area contributed by atoms with E-state index in [9.17, 15) is 14.9 Å². The molecule has 0 aliphatic heterocycles. The number of pyridine rings is 1. The summed E-state index contributed by atoms with van der Waals surface area (Å²) in [6.45, 7) is 0.0564. The fourth-order valence-electron chi connectivity index (χ4n) is 1.63. The summed E-state index contributed by atoms with van der Waals surface area (Å²) >= 11 is 0. The average Bonchev–Trinajstić information content (AvgIpc) is 2.52. The van der Waals surface area contributed by atoms with Crippen molar-refractivity contribution in [2.24, 2.45) is 0 Å². The Kier molecular flexibility index (Phi) is 4.76. The Hall–Kier alpha value is -3.02. The summed E-state index contributed by atoms with van der Waals surface area (Å²) in [7, 11) is 0. The molecule has 0 bridgehead atoms. The van der Waals surface area contributed by atoms with Gasteiger partial charge in [0, 0.05) is 18.3 Å². The van der Waals surface area contributed by atoms with Crippen molar-refractivity contribution in [3.05, 3.63) is 76.1 Å². The normalized spacial score (nSPS) is 10.5. The van der Waals surface area contributed by atoms with Crippen LogP contribution in [0.3, 0.4) is 0 Å². The zero-order chi connectivity index (χ0) is 15.1. The van der Waals surface area contributed by atoms with Crippen LogP contribution in [0.4, 0.5) is 5.69 Å². The molecule has 1 aromatic carbocycles. The van der Waals surface area contributed by atoms with Crippen molar-refractivity contribution in [2.45, 2.75) is 6.61 Å². The van der Waals surface area contributed by atoms with E-state index < -0.39 is 10.9 Å². The van der Waals surface area contributed by atoms with Gasteiger partial charge in [0.15, 0.2) is 0 Å². The smallest absolute Gasteiger partial charge is 0.331 e. The highest BCUT2D eigenvalue weighted by molar-refractivity contribution is 5.87. The second kappa shape index (κ2) is 6.95. The molecule has 0 N–H and O–H groups in total. The molecule has 6 nitrogen and oxygen atoms in total. The number of nitrogens with zero attached hydrogens (tertiary/aromatic N) is 2. The van der Waals surface area contributed by atoms with Crippen LogP contribution >= 0.6 is 0 Å². The molecular formula is C15H12N2O4. The topological polar surface area (TPSA) is 82.3 Å². The zero-order valence-electron chi connectivity index (χ0n) is 11.0. The molecule has 0 aliphatic rings. The van der Waals surface area contributed by atoms with E-state index in [1.807, 2.05) is 0 Å². The molecule has 0 atom stereocenters. The summed E-state index contributed by atoms with van der Waals surface area (Å²) in [6.07, 6.45) is 4.12. The van der Waals surface area contributed by atoms with E-state index >= 15 is 0 Å². The van der Waals surface area contributed by atoms with Gasteiger partial charge in [0.25, 0.3) is 5.69 Å². The summed E-state index contributed by atoms with van der Waals surface area (Å²) < 4.78 is 4.99. The highest BCUT2D eigenvalue weighted by atomic mass is 16.6. The second-order valence-electron chi connectivity index (χ2n) is 4.08. The molecule has 21 heavy (non-hydrogen) atoms. The Morgan fingerprint density at radius 2 is 2.00 bits per heavy atom. The van der Waals surface area contributed by atoms with Crippen molar-refractivity contribution < 1.29 is 14.5 Å². The molecule has 2 rings (SSSR count). The van der Waals surface area contributed by atoms with E-state index in [0.29, 0.717) is 11.3 Å². The third-order valence-corrected chi connectivity index (χ3v) is 2.62. The van der Waals surface area contributed by atoms with Gasteiger partial charge in [-0.15, -0.1) is 0 Å². The van der Waals surface area contributed by atoms with Crippen LogP contribution in [0.1, 0.15) is 11.3 Å². The Bertz CT molecular complexity index is 668. The number of rotatable bonds is 5. The van der Waals surface area contributed by atoms with Gasteiger partial charge in [-0.3, -0.25) is 15.1 Å². The average molecular weight is 284 g/mol. The Balaban J connectivity index is 1.98. The fraction of sp³-hybridized carbons (Fsp3) is 0.0667. The lowest BCUT2D eigenvalue weighted by atomic mass is 10.1. The van der Waals surface area contributed by atoms with Crippen LogP contribution in [0.2, 0.25) is 0 Å². The van der Waals surface area contributed by atoms with E-state index in [2.05, 4.69) is 4.98 Å². The minimum atomic E-state index is -0.584. The van der Waals surface area contributed by atoms with Gasteiger partial charge in [-0.1, -0.05) is 18.2 Å². The number of ether oxygens (including phenoxy) is 1. The number of benzene rings is 1. The van der Waals surface area contributed by atoms with Gasteiger partial charge in [-0.25, -0.2) is 4.79 Å². The second-order valence-corrected chi connectivity index (χ2v) is 4.08. The maximum atomic E-state index is 11.6. The number of hydrogen-bond acceptors (Lipinski definition) is 5. The minimum absolute atomic E-state index is 0.0564. The van der Waals surface area contributed by atoms with Crippen LogP contribution in [0.15, 0.2) is 54.7 Å². The third-order valence-electron chi connectivity index (χ3n) is 2.62. The van der Waals surface area contributed by atoms with Gasteiger partial charge >= 0.3 is 5.97 Å². The summed E-state index contributed by atoms with van der Waals surface area (Å²) in [5, 5.41) is 10.8. The van der Waals surface area contributed by atoms with Crippen molar-refractivity contribution in [3.8, 4) is 0 Å². The van der Waals surface area contributed by atoms with Crippen molar-refractivity contribution in [1.29, 1.82) is 0 Å². The molecule has 106 valence electrons. The predicted octanol–water partition coefficient (Wildman–Crippen LogP) is 2.75. The van der Waals surface area contributed by atoms with Gasteiger partial charge in [0.1, 0.15) is 6.61 Å². The quantitative estimate of drug-likeness (QED) is 0.365.